The van der Waals surface area contributed by atoms with Crippen molar-refractivity contribution in [2.24, 2.45) is 0 Å². The number of aromatic nitrogens is 3. The van der Waals surface area contributed by atoms with E-state index in [-0.39, 0.29) is 14.5 Å². The monoisotopic (exact) mass is 653 g/mol. The molecule has 214 valence electrons. The Morgan fingerprint density at radius 1 is 0.435 bits per heavy atom. The Morgan fingerprint density at radius 3 is 2.02 bits per heavy atom. The van der Waals surface area contributed by atoms with E-state index in [1.807, 2.05) is 48.5 Å². The van der Waals surface area contributed by atoms with Gasteiger partial charge < -0.3 is 0 Å². The molecule has 3 heterocycles. The van der Waals surface area contributed by atoms with Gasteiger partial charge in [0.1, 0.15) is 0 Å². The molecule has 3 aromatic heterocycles. The van der Waals surface area contributed by atoms with Crippen LogP contribution >= 0.6 is 0 Å². The number of nitrogens with zero attached hydrogens (tertiary/aromatic N) is 3. The van der Waals surface area contributed by atoms with Crippen LogP contribution in [0.3, 0.4) is 0 Å². The summed E-state index contributed by atoms with van der Waals surface area (Å²) in [7, 11) is 0. The summed E-state index contributed by atoms with van der Waals surface area (Å²) in [5.74, 6) is 1.93. The van der Waals surface area contributed by atoms with Crippen LogP contribution in [0.1, 0.15) is 0 Å². The SMILES string of the molecule is c1ccc(-c2nc(-c3cc4c5ccccc5[se]c4c4c3ccc3ccccc34)nc(-c3cccc4oc5ccccc5c34)n2)cc1. The Morgan fingerprint density at radius 2 is 1.13 bits per heavy atom. The molecular formula is C41H23N3OSe. The average Bonchev–Trinajstić information content (AvgIpc) is 3.70. The second-order valence-electron chi connectivity index (χ2n) is 11.6. The molecule has 0 spiro atoms. The van der Waals surface area contributed by atoms with Crippen LogP contribution in [-0.2, 0) is 0 Å². The van der Waals surface area contributed by atoms with E-state index in [1.54, 1.807) is 0 Å². The molecule has 0 N–H and O–H groups in total. The van der Waals surface area contributed by atoms with Gasteiger partial charge in [0.2, 0.25) is 0 Å². The number of benzene rings is 7. The molecule has 0 unspecified atom stereocenters. The molecule has 0 aliphatic heterocycles. The van der Waals surface area contributed by atoms with Crippen LogP contribution in [-0.4, -0.2) is 29.5 Å². The van der Waals surface area contributed by atoms with Crippen LogP contribution in [0, 0.1) is 0 Å². The van der Waals surface area contributed by atoms with Gasteiger partial charge in [-0.25, -0.2) is 0 Å². The number of hydrogen-bond donors (Lipinski definition) is 0. The van der Waals surface area contributed by atoms with Gasteiger partial charge in [-0.3, -0.25) is 0 Å². The fourth-order valence-corrected chi connectivity index (χ4v) is 9.47. The van der Waals surface area contributed by atoms with E-state index in [1.165, 1.54) is 35.5 Å². The molecule has 46 heavy (non-hydrogen) atoms. The standard InChI is InChI=1S/C41H23N3OSe/c1-2-12-25(13-3-1)39-42-40(30-17-10-19-34-36(30)29-16-6-8-18-33(29)45-34)44-41(43-39)32-23-31-27-15-7-9-20-35(27)46-38(31)37-26-14-5-4-11-24(26)21-22-28(32)37/h1-23H. The number of furan rings is 1. The van der Waals surface area contributed by atoms with E-state index >= 15 is 0 Å². The molecule has 5 heteroatoms. The third kappa shape index (κ3) is 3.83. The molecule has 4 nitrogen and oxygen atoms in total. The molecule has 0 saturated carbocycles. The van der Waals surface area contributed by atoms with E-state index in [0.717, 1.165) is 44.0 Å². The number of rotatable bonds is 3. The summed E-state index contributed by atoms with van der Waals surface area (Å²) in [5.41, 5.74) is 4.54. The van der Waals surface area contributed by atoms with Crippen LogP contribution in [0.25, 0.3) is 96.9 Å². The van der Waals surface area contributed by atoms with Gasteiger partial charge >= 0.3 is 264 Å². The first-order chi connectivity index (χ1) is 22.8. The second-order valence-corrected chi connectivity index (χ2v) is 13.8. The average molecular weight is 653 g/mol. The molecule has 0 saturated heterocycles. The van der Waals surface area contributed by atoms with Crippen LogP contribution in [0.15, 0.2) is 144 Å². The van der Waals surface area contributed by atoms with E-state index in [2.05, 4.69) is 91.0 Å². The second kappa shape index (κ2) is 9.95. The topological polar surface area (TPSA) is 51.8 Å². The third-order valence-electron chi connectivity index (χ3n) is 8.92. The van der Waals surface area contributed by atoms with Crippen LogP contribution in [0.2, 0.25) is 0 Å². The quantitative estimate of drug-likeness (QED) is 0.141. The van der Waals surface area contributed by atoms with Gasteiger partial charge in [-0.05, 0) is 0 Å². The molecule has 7 aromatic carbocycles. The molecule has 0 aliphatic carbocycles. The molecule has 0 atom stereocenters. The van der Waals surface area contributed by atoms with Crippen molar-refractivity contribution in [3.8, 4) is 34.2 Å². The van der Waals surface area contributed by atoms with Gasteiger partial charge in [-0.2, -0.15) is 0 Å². The number of para-hydroxylation sites is 1. The molecule has 0 amide bonds. The first-order valence-electron chi connectivity index (χ1n) is 15.3. The van der Waals surface area contributed by atoms with Crippen molar-refractivity contribution < 1.29 is 4.42 Å². The Hall–Kier alpha value is -5.61. The van der Waals surface area contributed by atoms with Crippen LogP contribution in [0.4, 0.5) is 0 Å². The maximum absolute atomic E-state index is 6.26. The minimum absolute atomic E-state index is 0.199. The molecular weight excluding hydrogens is 629 g/mol. The van der Waals surface area contributed by atoms with Gasteiger partial charge in [-0.15, -0.1) is 0 Å². The number of hydrogen-bond acceptors (Lipinski definition) is 4. The van der Waals surface area contributed by atoms with Crippen molar-refractivity contribution in [2.45, 2.75) is 0 Å². The Bertz CT molecular complexity index is 2820. The van der Waals surface area contributed by atoms with Gasteiger partial charge in [0.05, 0.1) is 0 Å². The van der Waals surface area contributed by atoms with Gasteiger partial charge in [-0.1, -0.05) is 6.07 Å². The predicted octanol–water partition coefficient (Wildman–Crippen LogP) is 10.4. The first kappa shape index (κ1) is 25.7. The molecule has 10 rings (SSSR count). The van der Waals surface area contributed by atoms with E-state index < -0.39 is 0 Å². The fourth-order valence-electron chi connectivity index (χ4n) is 6.84. The summed E-state index contributed by atoms with van der Waals surface area (Å²) >= 11 is 0.199. The van der Waals surface area contributed by atoms with Crippen molar-refractivity contribution >= 4 is 77.3 Å². The van der Waals surface area contributed by atoms with Crippen molar-refractivity contribution in [1.82, 2.24) is 15.0 Å². The van der Waals surface area contributed by atoms with Crippen LogP contribution < -0.4 is 0 Å². The molecule has 0 bridgehead atoms. The molecule has 0 aliphatic rings. The third-order valence-corrected chi connectivity index (χ3v) is 11.4. The van der Waals surface area contributed by atoms with Gasteiger partial charge in [0, 0.05) is 0 Å². The summed E-state index contributed by atoms with van der Waals surface area (Å²) in [4.78, 5) is 15.6. The van der Waals surface area contributed by atoms with E-state index in [9.17, 15) is 0 Å². The Labute approximate surface area is 269 Å². The zero-order chi connectivity index (χ0) is 30.2. The van der Waals surface area contributed by atoms with Crippen molar-refractivity contribution in [1.29, 1.82) is 0 Å². The summed E-state index contributed by atoms with van der Waals surface area (Å²) in [6.45, 7) is 0. The fraction of sp³-hybridized carbons (Fsp3) is 0. The van der Waals surface area contributed by atoms with Gasteiger partial charge in [0.25, 0.3) is 0 Å². The van der Waals surface area contributed by atoms with Crippen molar-refractivity contribution in [3.63, 3.8) is 0 Å². The normalized spacial score (nSPS) is 11.9. The Balaban J connectivity index is 1.34. The zero-order valence-corrected chi connectivity index (χ0v) is 26.2. The predicted molar refractivity (Wildman–Crippen MR) is 190 cm³/mol. The van der Waals surface area contributed by atoms with E-state index in [4.69, 9.17) is 19.4 Å². The van der Waals surface area contributed by atoms with Crippen LogP contribution in [0.5, 0.6) is 0 Å². The van der Waals surface area contributed by atoms with Crippen molar-refractivity contribution in [3.05, 3.63) is 140 Å². The van der Waals surface area contributed by atoms with E-state index in [0.29, 0.717) is 17.5 Å². The molecule has 10 aromatic rings. The molecule has 0 radical (unpaired) electrons. The molecule has 0 fully saturated rings. The zero-order valence-electron chi connectivity index (χ0n) is 24.4. The van der Waals surface area contributed by atoms with Crippen molar-refractivity contribution in [2.75, 3.05) is 0 Å². The number of fused-ring (bicyclic) bond motifs is 10. The summed E-state index contributed by atoms with van der Waals surface area (Å²) < 4.78 is 9.10. The first-order valence-corrected chi connectivity index (χ1v) is 17.0. The Kier molecular flexibility index (Phi) is 5.56. The summed E-state index contributed by atoms with van der Waals surface area (Å²) in [6.07, 6.45) is 0. The maximum atomic E-state index is 6.26. The van der Waals surface area contributed by atoms with Gasteiger partial charge in [0.15, 0.2) is 0 Å². The summed E-state index contributed by atoms with van der Waals surface area (Å²) in [5, 5.41) is 9.60. The summed E-state index contributed by atoms with van der Waals surface area (Å²) in [6, 6.07) is 48.8. The minimum atomic E-state index is 0.199.